The second-order valence-corrected chi connectivity index (χ2v) is 6.22. The first-order valence-electron chi connectivity index (χ1n) is 7.98. The van der Waals surface area contributed by atoms with Crippen LogP contribution >= 0.6 is 0 Å². The lowest BCUT2D eigenvalue weighted by molar-refractivity contribution is 0.871. The molecule has 23 heavy (non-hydrogen) atoms. The summed E-state index contributed by atoms with van der Waals surface area (Å²) in [4.78, 5) is 17.7. The van der Waals surface area contributed by atoms with E-state index in [4.69, 9.17) is 15.0 Å². The Morgan fingerprint density at radius 3 is 2.91 bits per heavy atom. The van der Waals surface area contributed by atoms with Gasteiger partial charge in [-0.1, -0.05) is 12.2 Å². The van der Waals surface area contributed by atoms with E-state index >= 15 is 0 Å². The molecule has 0 aliphatic carbocycles. The van der Waals surface area contributed by atoms with Crippen LogP contribution in [0.3, 0.4) is 0 Å². The van der Waals surface area contributed by atoms with E-state index in [0.29, 0.717) is 0 Å². The summed E-state index contributed by atoms with van der Waals surface area (Å²) in [5.74, 6) is 0. The van der Waals surface area contributed by atoms with Gasteiger partial charge >= 0.3 is 0 Å². The Bertz CT molecular complexity index is 886. The van der Waals surface area contributed by atoms with Crippen LogP contribution in [0.1, 0.15) is 17.8 Å². The van der Waals surface area contributed by atoms with Crippen LogP contribution < -0.4 is 0 Å². The van der Waals surface area contributed by atoms with E-state index in [1.807, 2.05) is 0 Å². The summed E-state index contributed by atoms with van der Waals surface area (Å²) in [7, 11) is 0. The van der Waals surface area contributed by atoms with Crippen molar-refractivity contribution >= 4 is 17.1 Å². The lowest BCUT2D eigenvalue weighted by Gasteiger charge is -2.04. The summed E-state index contributed by atoms with van der Waals surface area (Å²) in [5.41, 5.74) is 6.43. The van der Waals surface area contributed by atoms with Gasteiger partial charge in [-0.15, -0.1) is 0 Å². The van der Waals surface area contributed by atoms with Crippen molar-refractivity contribution in [2.24, 2.45) is 15.0 Å². The quantitative estimate of drug-likeness (QED) is 0.766. The third kappa shape index (κ3) is 2.36. The van der Waals surface area contributed by atoms with Crippen LogP contribution in [0.2, 0.25) is 0 Å². The zero-order valence-electron chi connectivity index (χ0n) is 12.6. The fraction of sp³-hybridized carbons (Fsp3) is 0.211. The predicted molar refractivity (Wildman–Crippen MR) is 93.6 cm³/mol. The fourth-order valence-electron chi connectivity index (χ4n) is 3.34. The summed E-state index contributed by atoms with van der Waals surface area (Å²) in [6.07, 6.45) is 16.5. The van der Waals surface area contributed by atoms with Crippen molar-refractivity contribution in [3.05, 3.63) is 71.7 Å². The first-order valence-corrected chi connectivity index (χ1v) is 7.98. The summed E-state index contributed by atoms with van der Waals surface area (Å²) >= 11 is 0. The Morgan fingerprint density at radius 1 is 0.957 bits per heavy atom. The molecule has 1 N–H and O–H groups in total. The minimum Gasteiger partial charge on any atom is -0.357 e. The number of nitrogens with one attached hydrogen (secondary N) is 1. The summed E-state index contributed by atoms with van der Waals surface area (Å²) in [5, 5.41) is 0. The number of aromatic amines is 1. The number of aliphatic imine (C=N–C) groups is 3. The zero-order chi connectivity index (χ0) is 15.2. The molecule has 5 rings (SSSR count). The number of H-pyrrole nitrogens is 1. The minimum absolute atomic E-state index is 0.0888. The molecule has 4 aliphatic heterocycles. The fourth-order valence-corrected chi connectivity index (χ4v) is 3.34. The van der Waals surface area contributed by atoms with E-state index in [2.05, 4.69) is 59.6 Å². The van der Waals surface area contributed by atoms with E-state index in [9.17, 15) is 0 Å². The van der Waals surface area contributed by atoms with Crippen molar-refractivity contribution in [2.75, 3.05) is 0 Å². The van der Waals surface area contributed by atoms with Gasteiger partial charge in [-0.3, -0.25) is 9.98 Å². The summed E-state index contributed by atoms with van der Waals surface area (Å²) in [6.45, 7) is 0. The lowest BCUT2D eigenvalue weighted by atomic mass is 10.1. The number of nitrogens with zero attached hydrogens (tertiary/aromatic N) is 3. The monoisotopic (exact) mass is 300 g/mol. The molecular weight excluding hydrogens is 284 g/mol. The second kappa shape index (κ2) is 4.88. The maximum Gasteiger partial charge on any atom is 0.0891 e. The molecule has 1 aromatic heterocycles. The number of hydrogen-bond acceptors (Lipinski definition) is 3. The van der Waals surface area contributed by atoms with Crippen LogP contribution in [0.4, 0.5) is 0 Å². The maximum absolute atomic E-state index is 4.81. The molecule has 0 fully saturated rings. The normalized spacial score (nSPS) is 27.3. The average Bonchev–Trinajstić information content (AvgIpc) is 3.28. The van der Waals surface area contributed by atoms with Crippen LogP contribution in [0, 0.1) is 0 Å². The van der Waals surface area contributed by atoms with E-state index in [0.717, 1.165) is 41.4 Å². The van der Waals surface area contributed by atoms with Gasteiger partial charge in [-0.2, -0.15) is 0 Å². The van der Waals surface area contributed by atoms with Crippen LogP contribution in [-0.4, -0.2) is 34.2 Å². The molecule has 0 spiro atoms. The lowest BCUT2D eigenvalue weighted by Crippen LogP contribution is -2.06. The molecule has 2 unspecified atom stereocenters. The van der Waals surface area contributed by atoms with E-state index in [1.54, 1.807) is 0 Å². The zero-order valence-corrected chi connectivity index (χ0v) is 12.6. The van der Waals surface area contributed by atoms with Crippen molar-refractivity contribution in [3.63, 3.8) is 0 Å². The topological polar surface area (TPSA) is 52.9 Å². The van der Waals surface area contributed by atoms with Crippen LogP contribution in [0.15, 0.2) is 75.3 Å². The van der Waals surface area contributed by atoms with Crippen molar-refractivity contribution in [1.82, 2.24) is 4.98 Å². The van der Waals surface area contributed by atoms with Crippen LogP contribution in [-0.2, 0) is 6.42 Å². The Morgan fingerprint density at radius 2 is 1.91 bits per heavy atom. The number of allylic oxidation sites excluding steroid dienone is 4. The van der Waals surface area contributed by atoms with Crippen molar-refractivity contribution in [1.29, 1.82) is 0 Å². The third-order valence-electron chi connectivity index (χ3n) is 4.46. The van der Waals surface area contributed by atoms with Gasteiger partial charge in [0.05, 0.1) is 29.2 Å². The SMILES string of the molecule is C1=CC2=NC1=CC1C=CC(=N1)CC1C=CC(=N1)Cc1ccc2[nH]1. The molecule has 0 radical (unpaired) electrons. The highest BCUT2D eigenvalue weighted by molar-refractivity contribution is 6.10. The molecule has 4 heteroatoms. The van der Waals surface area contributed by atoms with Crippen LogP contribution in [0.25, 0.3) is 0 Å². The van der Waals surface area contributed by atoms with Gasteiger partial charge in [0.15, 0.2) is 0 Å². The van der Waals surface area contributed by atoms with Gasteiger partial charge in [0.1, 0.15) is 0 Å². The third-order valence-corrected chi connectivity index (χ3v) is 4.46. The molecule has 0 amide bonds. The van der Waals surface area contributed by atoms with E-state index in [-0.39, 0.29) is 12.1 Å². The van der Waals surface area contributed by atoms with Gasteiger partial charge in [0.2, 0.25) is 0 Å². The first kappa shape index (κ1) is 12.8. The molecule has 0 aromatic carbocycles. The number of aromatic nitrogens is 1. The molecule has 2 atom stereocenters. The molecule has 5 heterocycles. The molecule has 0 saturated heterocycles. The molecule has 1 aromatic rings. The van der Waals surface area contributed by atoms with Gasteiger partial charge < -0.3 is 4.98 Å². The molecular formula is C19H16N4. The smallest absolute Gasteiger partial charge is 0.0891 e. The minimum atomic E-state index is 0.0888. The number of hydrogen-bond donors (Lipinski definition) is 1. The van der Waals surface area contributed by atoms with E-state index < -0.39 is 0 Å². The van der Waals surface area contributed by atoms with Gasteiger partial charge in [-0.05, 0) is 42.5 Å². The van der Waals surface area contributed by atoms with E-state index in [1.165, 1.54) is 5.69 Å². The largest absolute Gasteiger partial charge is 0.357 e. The number of rotatable bonds is 0. The molecule has 8 bridgehead atoms. The predicted octanol–water partition coefficient (Wildman–Crippen LogP) is 2.96. The summed E-state index contributed by atoms with van der Waals surface area (Å²) in [6, 6.07) is 4.52. The highest BCUT2D eigenvalue weighted by atomic mass is 14.9. The Kier molecular flexibility index (Phi) is 2.71. The van der Waals surface area contributed by atoms with Gasteiger partial charge in [0, 0.05) is 30.0 Å². The molecule has 4 nitrogen and oxygen atoms in total. The molecule has 112 valence electrons. The first-order chi connectivity index (χ1) is 11.3. The maximum atomic E-state index is 4.81. The van der Waals surface area contributed by atoms with Crippen LogP contribution in [0.5, 0.6) is 0 Å². The summed E-state index contributed by atoms with van der Waals surface area (Å²) < 4.78 is 0. The van der Waals surface area contributed by atoms with Crippen molar-refractivity contribution in [2.45, 2.75) is 24.9 Å². The highest BCUT2D eigenvalue weighted by Crippen LogP contribution is 2.21. The standard InChI is InChI=1S/C19H16N4/c1-3-14-10-16-5-7-18(22-16)19-8-6-17(23-19)11-15-4-2-13(21-15)9-12(1)20-14/h1-8,10,13-14,23H,9,11H2. The average molecular weight is 300 g/mol. The van der Waals surface area contributed by atoms with Crippen molar-refractivity contribution < 1.29 is 0 Å². The van der Waals surface area contributed by atoms with Gasteiger partial charge in [0.25, 0.3) is 0 Å². The number of fused-ring (bicyclic) bond motifs is 6. The Labute approximate surface area is 134 Å². The second-order valence-electron chi connectivity index (χ2n) is 6.22. The highest BCUT2D eigenvalue weighted by Gasteiger charge is 2.18. The molecule has 4 aliphatic rings. The Balaban J connectivity index is 1.58. The van der Waals surface area contributed by atoms with Crippen molar-refractivity contribution in [3.8, 4) is 0 Å². The van der Waals surface area contributed by atoms with Gasteiger partial charge in [-0.25, -0.2) is 4.99 Å². The Hall–Kier alpha value is -2.75. The molecule has 0 saturated carbocycles.